The van der Waals surface area contributed by atoms with E-state index in [9.17, 15) is 4.39 Å². The van der Waals surface area contributed by atoms with Crippen molar-refractivity contribution in [3.63, 3.8) is 0 Å². The van der Waals surface area contributed by atoms with Gasteiger partial charge in [-0.3, -0.25) is 0 Å². The van der Waals surface area contributed by atoms with E-state index in [1.54, 1.807) is 12.1 Å². The van der Waals surface area contributed by atoms with E-state index in [0.29, 0.717) is 0 Å². The van der Waals surface area contributed by atoms with Crippen LogP contribution in [0.2, 0.25) is 5.15 Å². The highest BCUT2D eigenvalue weighted by atomic mass is 35.5. The van der Waals surface area contributed by atoms with Crippen LogP contribution >= 0.6 is 11.6 Å². The number of hydrogen-bond acceptors (Lipinski definition) is 4. The van der Waals surface area contributed by atoms with Gasteiger partial charge in [-0.15, -0.1) is 0 Å². The Bertz CT molecular complexity index is 562. The van der Waals surface area contributed by atoms with Gasteiger partial charge in [0.2, 0.25) is 5.88 Å². The smallest absolute Gasteiger partial charge is 0.247 e. The van der Waals surface area contributed by atoms with Crippen molar-refractivity contribution in [2.24, 2.45) is 0 Å². The second kappa shape index (κ2) is 4.55. The summed E-state index contributed by atoms with van der Waals surface area (Å²) in [6.45, 7) is 1.82. The molecule has 1 heterocycles. The molecule has 0 spiro atoms. The number of rotatable bonds is 2. The summed E-state index contributed by atoms with van der Waals surface area (Å²) in [5.41, 5.74) is 6.55. The standard InChI is InChI=1S/C11H9ClFN3O/c1-6-2-3-7(13)8(4-6)17-11-9(14)10(12)15-5-16-11/h2-5H,14H2,1H3. The van der Waals surface area contributed by atoms with E-state index >= 15 is 0 Å². The molecule has 1 aromatic carbocycles. The quantitative estimate of drug-likeness (QED) is 0.836. The number of benzene rings is 1. The predicted molar refractivity (Wildman–Crippen MR) is 62.7 cm³/mol. The SMILES string of the molecule is Cc1ccc(F)c(Oc2ncnc(Cl)c2N)c1. The molecule has 0 saturated carbocycles. The van der Waals surface area contributed by atoms with Crippen LogP contribution in [0.3, 0.4) is 0 Å². The Morgan fingerprint density at radius 1 is 1.35 bits per heavy atom. The van der Waals surface area contributed by atoms with Crippen molar-refractivity contribution < 1.29 is 9.13 Å². The van der Waals surface area contributed by atoms with Crippen molar-refractivity contribution in [1.29, 1.82) is 0 Å². The highest BCUT2D eigenvalue weighted by Gasteiger charge is 2.11. The first kappa shape index (κ1) is 11.6. The second-order valence-electron chi connectivity index (χ2n) is 3.42. The average Bonchev–Trinajstić information content (AvgIpc) is 2.30. The molecular weight excluding hydrogens is 245 g/mol. The van der Waals surface area contributed by atoms with Crippen LogP contribution in [-0.2, 0) is 0 Å². The van der Waals surface area contributed by atoms with Crippen LogP contribution in [0, 0.1) is 12.7 Å². The molecule has 0 aliphatic carbocycles. The molecule has 0 radical (unpaired) electrons. The minimum atomic E-state index is -0.496. The Morgan fingerprint density at radius 3 is 2.88 bits per heavy atom. The number of ether oxygens (including phenoxy) is 1. The lowest BCUT2D eigenvalue weighted by Crippen LogP contribution is -1.98. The molecule has 0 atom stereocenters. The first-order valence-corrected chi connectivity index (χ1v) is 5.15. The fraction of sp³-hybridized carbons (Fsp3) is 0.0909. The molecule has 0 unspecified atom stereocenters. The van der Waals surface area contributed by atoms with E-state index in [-0.39, 0.29) is 22.5 Å². The molecule has 88 valence electrons. The third-order valence-electron chi connectivity index (χ3n) is 2.09. The fourth-order valence-electron chi connectivity index (χ4n) is 1.23. The number of hydrogen-bond donors (Lipinski definition) is 1. The fourth-order valence-corrected chi connectivity index (χ4v) is 1.36. The van der Waals surface area contributed by atoms with Gasteiger partial charge < -0.3 is 10.5 Å². The lowest BCUT2D eigenvalue weighted by Gasteiger charge is -2.08. The summed E-state index contributed by atoms with van der Waals surface area (Å²) in [5, 5.41) is 0.0723. The molecule has 1 aromatic heterocycles. The van der Waals surface area contributed by atoms with Crippen LogP contribution in [0.5, 0.6) is 11.6 Å². The third kappa shape index (κ3) is 2.45. The number of aryl methyl sites for hydroxylation is 1. The summed E-state index contributed by atoms with van der Waals surface area (Å²) in [4.78, 5) is 7.47. The van der Waals surface area contributed by atoms with Gasteiger partial charge in [0.05, 0.1) is 0 Å². The molecule has 0 bridgehead atoms. The van der Waals surface area contributed by atoms with E-state index in [1.165, 1.54) is 12.4 Å². The normalized spacial score (nSPS) is 10.3. The van der Waals surface area contributed by atoms with Gasteiger partial charge >= 0.3 is 0 Å². The monoisotopic (exact) mass is 253 g/mol. The van der Waals surface area contributed by atoms with Gasteiger partial charge in [0.1, 0.15) is 12.0 Å². The summed E-state index contributed by atoms with van der Waals surface area (Å²) < 4.78 is 18.7. The molecule has 2 N–H and O–H groups in total. The molecule has 0 amide bonds. The van der Waals surface area contributed by atoms with Gasteiger partial charge in [-0.25, -0.2) is 9.37 Å². The lowest BCUT2D eigenvalue weighted by atomic mass is 10.2. The summed E-state index contributed by atoms with van der Waals surface area (Å²) >= 11 is 5.70. The molecule has 0 aliphatic rings. The Labute approximate surface area is 102 Å². The first-order valence-electron chi connectivity index (χ1n) is 4.78. The van der Waals surface area contributed by atoms with Crippen LogP contribution in [-0.4, -0.2) is 9.97 Å². The van der Waals surface area contributed by atoms with Crippen molar-refractivity contribution in [3.05, 3.63) is 41.1 Å². The van der Waals surface area contributed by atoms with Gasteiger partial charge in [-0.1, -0.05) is 17.7 Å². The Kier molecular flexibility index (Phi) is 3.10. The summed E-state index contributed by atoms with van der Waals surface area (Å²) in [6.07, 6.45) is 1.20. The molecule has 17 heavy (non-hydrogen) atoms. The third-order valence-corrected chi connectivity index (χ3v) is 2.39. The van der Waals surface area contributed by atoms with E-state index in [4.69, 9.17) is 22.1 Å². The largest absolute Gasteiger partial charge is 0.434 e. The number of nitrogens with zero attached hydrogens (tertiary/aromatic N) is 2. The van der Waals surface area contributed by atoms with E-state index in [2.05, 4.69) is 9.97 Å². The van der Waals surface area contributed by atoms with Crippen LogP contribution < -0.4 is 10.5 Å². The maximum atomic E-state index is 13.4. The zero-order chi connectivity index (χ0) is 12.4. The minimum Gasteiger partial charge on any atom is -0.434 e. The Balaban J connectivity index is 2.38. The molecule has 2 aromatic rings. The maximum absolute atomic E-state index is 13.4. The zero-order valence-electron chi connectivity index (χ0n) is 8.95. The summed E-state index contributed by atoms with van der Waals surface area (Å²) in [6, 6.07) is 4.49. The highest BCUT2D eigenvalue weighted by Crippen LogP contribution is 2.30. The van der Waals surface area contributed by atoms with Crippen molar-refractivity contribution in [3.8, 4) is 11.6 Å². The average molecular weight is 254 g/mol. The van der Waals surface area contributed by atoms with E-state index in [1.807, 2.05) is 6.92 Å². The molecule has 0 fully saturated rings. The molecule has 0 aliphatic heterocycles. The lowest BCUT2D eigenvalue weighted by molar-refractivity contribution is 0.428. The Morgan fingerprint density at radius 2 is 2.12 bits per heavy atom. The van der Waals surface area contributed by atoms with Gasteiger partial charge in [-0.05, 0) is 24.6 Å². The molecule has 6 heteroatoms. The van der Waals surface area contributed by atoms with Gasteiger partial charge in [0.15, 0.2) is 16.7 Å². The van der Waals surface area contributed by atoms with E-state index < -0.39 is 5.82 Å². The molecule has 2 rings (SSSR count). The molecule has 0 saturated heterocycles. The zero-order valence-corrected chi connectivity index (χ0v) is 9.70. The topological polar surface area (TPSA) is 61.0 Å². The Hall–Kier alpha value is -1.88. The van der Waals surface area contributed by atoms with Crippen LogP contribution in [0.15, 0.2) is 24.5 Å². The second-order valence-corrected chi connectivity index (χ2v) is 3.78. The number of aromatic nitrogens is 2. The predicted octanol–water partition coefficient (Wildman–Crippen LogP) is 2.95. The molecule has 4 nitrogen and oxygen atoms in total. The number of anilines is 1. The highest BCUT2D eigenvalue weighted by molar-refractivity contribution is 6.32. The number of nitrogen functional groups attached to an aromatic ring is 1. The van der Waals surface area contributed by atoms with Crippen LogP contribution in [0.1, 0.15) is 5.56 Å². The minimum absolute atomic E-state index is 0.0366. The van der Waals surface area contributed by atoms with Gasteiger partial charge in [0, 0.05) is 0 Å². The van der Waals surface area contributed by atoms with E-state index in [0.717, 1.165) is 5.56 Å². The summed E-state index contributed by atoms with van der Waals surface area (Å²) in [5.74, 6) is -0.411. The van der Waals surface area contributed by atoms with Crippen molar-refractivity contribution >= 4 is 17.3 Å². The van der Waals surface area contributed by atoms with Crippen LogP contribution in [0.25, 0.3) is 0 Å². The van der Waals surface area contributed by atoms with Crippen LogP contribution in [0.4, 0.5) is 10.1 Å². The summed E-state index contributed by atoms with van der Waals surface area (Å²) in [7, 11) is 0. The van der Waals surface area contributed by atoms with Crippen molar-refractivity contribution in [2.75, 3.05) is 5.73 Å². The number of nitrogens with two attached hydrogens (primary N) is 1. The van der Waals surface area contributed by atoms with Crippen molar-refractivity contribution in [2.45, 2.75) is 6.92 Å². The first-order chi connectivity index (χ1) is 8.08. The molecular formula is C11H9ClFN3O. The van der Waals surface area contributed by atoms with Gasteiger partial charge in [0.25, 0.3) is 0 Å². The maximum Gasteiger partial charge on any atom is 0.247 e. The van der Waals surface area contributed by atoms with Crippen molar-refractivity contribution in [1.82, 2.24) is 9.97 Å². The van der Waals surface area contributed by atoms with Gasteiger partial charge in [-0.2, -0.15) is 4.98 Å². The number of halogens is 2.